The Morgan fingerprint density at radius 2 is 2.27 bits per heavy atom. The summed E-state index contributed by atoms with van der Waals surface area (Å²) in [5, 5.41) is 1.86. The maximum Gasteiger partial charge on any atom is 0.335 e. The van der Waals surface area contributed by atoms with Crippen molar-refractivity contribution in [3.63, 3.8) is 0 Å². The molecule has 4 N–H and O–H groups in total. The third kappa shape index (κ3) is 3.60. The van der Waals surface area contributed by atoms with Gasteiger partial charge < -0.3 is 14.9 Å². The molecule has 1 saturated heterocycles. The number of fused-ring (bicyclic) bond motifs is 4. The van der Waals surface area contributed by atoms with Gasteiger partial charge in [-0.3, -0.25) is 10.2 Å². The summed E-state index contributed by atoms with van der Waals surface area (Å²) in [6.45, 7) is 2.10. The highest BCUT2D eigenvalue weighted by Gasteiger charge is 2.55. The Labute approximate surface area is 177 Å². The van der Waals surface area contributed by atoms with Crippen LogP contribution in [0.15, 0.2) is 47.3 Å². The minimum Gasteiger partial charge on any atom is -0.497 e. The molecule has 3 unspecified atom stereocenters. The van der Waals surface area contributed by atoms with Crippen LogP contribution in [0.1, 0.15) is 36.0 Å². The molecule has 1 saturated carbocycles. The lowest BCUT2D eigenvalue weighted by Gasteiger charge is -2.52. The average molecular weight is 409 g/mol. The number of methoxy groups -OCH3 is 1. The van der Waals surface area contributed by atoms with E-state index in [-0.39, 0.29) is 18.0 Å². The number of ether oxygens (including phenoxy) is 1. The summed E-state index contributed by atoms with van der Waals surface area (Å²) in [7, 11) is 1.68. The molecule has 1 amide bonds. The zero-order valence-corrected chi connectivity index (χ0v) is 17.4. The fraction of sp³-hybridized carbons (Fsp3) is 0.458. The number of nitrogens with two attached hydrogens (primary N) is 2. The van der Waals surface area contributed by atoms with Gasteiger partial charge in [-0.1, -0.05) is 6.07 Å². The molecule has 3 aliphatic rings. The van der Waals surface area contributed by atoms with E-state index in [1.54, 1.807) is 31.8 Å². The molecule has 2 aliphatic carbocycles. The topological polar surface area (TPSA) is 85.3 Å². The lowest BCUT2D eigenvalue weighted by molar-refractivity contribution is -0.623. The Morgan fingerprint density at radius 3 is 3.00 bits per heavy atom. The number of carbonyl (C=O) groups excluding carboxylic acids is 1. The lowest BCUT2D eigenvalue weighted by atomic mass is 9.66. The number of furan rings is 1. The van der Waals surface area contributed by atoms with E-state index in [1.165, 1.54) is 18.4 Å². The number of rotatable bonds is 6. The van der Waals surface area contributed by atoms with E-state index in [0.29, 0.717) is 0 Å². The molecular weight excluding hydrogens is 378 g/mol. The molecule has 1 aromatic carbocycles. The second kappa shape index (κ2) is 7.69. The number of benzene rings is 1. The van der Waals surface area contributed by atoms with E-state index >= 15 is 0 Å². The predicted octanol–water partition coefficient (Wildman–Crippen LogP) is 1.65. The summed E-state index contributed by atoms with van der Waals surface area (Å²) in [4.78, 5) is 15.5. The maximum absolute atomic E-state index is 12.9. The van der Waals surface area contributed by atoms with E-state index < -0.39 is 5.54 Å². The molecule has 1 aromatic heterocycles. The van der Waals surface area contributed by atoms with Crippen LogP contribution in [0.3, 0.4) is 0 Å². The highest BCUT2D eigenvalue weighted by Crippen LogP contribution is 2.43. The lowest BCUT2D eigenvalue weighted by Crippen LogP contribution is -3.02. The van der Waals surface area contributed by atoms with Crippen LogP contribution in [0.25, 0.3) is 6.08 Å². The first-order chi connectivity index (χ1) is 14.6. The van der Waals surface area contributed by atoms with Crippen molar-refractivity contribution >= 4 is 12.0 Å². The molecule has 6 heteroatoms. The first kappa shape index (κ1) is 19.5. The third-order valence-electron chi connectivity index (χ3n) is 7.06. The second-order valence-electron chi connectivity index (χ2n) is 9.01. The van der Waals surface area contributed by atoms with Gasteiger partial charge in [-0.25, -0.2) is 4.79 Å². The number of nitrogens with zero attached hydrogens (tertiary/aromatic N) is 1. The molecule has 5 rings (SSSR count). The van der Waals surface area contributed by atoms with E-state index in [1.807, 2.05) is 17.4 Å². The molecule has 2 fully saturated rings. The molecule has 0 spiro atoms. The van der Waals surface area contributed by atoms with Crippen LogP contribution in [-0.4, -0.2) is 43.1 Å². The summed E-state index contributed by atoms with van der Waals surface area (Å²) in [6.07, 6.45) is 11.1. The first-order valence-corrected chi connectivity index (χ1v) is 10.9. The fourth-order valence-electron chi connectivity index (χ4n) is 5.22. The molecule has 2 bridgehead atoms. The van der Waals surface area contributed by atoms with E-state index in [4.69, 9.17) is 14.9 Å². The van der Waals surface area contributed by atoms with Gasteiger partial charge in [0.2, 0.25) is 0 Å². The van der Waals surface area contributed by atoms with E-state index in [2.05, 4.69) is 17.0 Å². The Hall–Kier alpha value is -2.41. The van der Waals surface area contributed by atoms with E-state index in [0.717, 1.165) is 48.7 Å². The number of carbonyl (C=O) groups is 1. The summed E-state index contributed by atoms with van der Waals surface area (Å²) < 4.78 is 10.6. The number of quaternary nitrogens is 1. The molecule has 1 aliphatic heterocycles. The number of amides is 1. The van der Waals surface area contributed by atoms with Crippen LogP contribution < -0.4 is 15.8 Å². The largest absolute Gasteiger partial charge is 0.497 e. The number of hydrogen-bond donors (Lipinski definition) is 2. The van der Waals surface area contributed by atoms with Crippen molar-refractivity contribution in [2.45, 2.75) is 43.3 Å². The number of piperidine rings is 1. The van der Waals surface area contributed by atoms with Gasteiger partial charge in [-0.05, 0) is 67.0 Å². The number of hydrogen-bond acceptors (Lipinski definition) is 5. The van der Waals surface area contributed by atoms with Gasteiger partial charge in [0.25, 0.3) is 0 Å². The van der Waals surface area contributed by atoms with Gasteiger partial charge >= 0.3 is 5.91 Å². The number of primary amides is 1. The van der Waals surface area contributed by atoms with Gasteiger partial charge in [0.15, 0.2) is 0 Å². The molecule has 2 aromatic rings. The second-order valence-corrected chi connectivity index (χ2v) is 9.01. The molecule has 2 heterocycles. The summed E-state index contributed by atoms with van der Waals surface area (Å²) in [6, 6.07) is 8.33. The van der Waals surface area contributed by atoms with Crippen molar-refractivity contribution < 1.29 is 19.3 Å². The smallest absolute Gasteiger partial charge is 0.335 e. The monoisotopic (exact) mass is 408 g/mol. The van der Waals surface area contributed by atoms with E-state index in [9.17, 15) is 4.79 Å². The SMILES string of the molecule is COc1ccc2c(c1)C1(N)CCN(CC3CC3)C(C2)C1[NH2+]C(=O)C=Cc1ccoc1. The zero-order chi connectivity index (χ0) is 20.7. The van der Waals surface area contributed by atoms with Gasteiger partial charge in [0.05, 0.1) is 31.2 Å². The summed E-state index contributed by atoms with van der Waals surface area (Å²) in [5.41, 5.74) is 9.88. The van der Waals surface area contributed by atoms with Crippen LogP contribution in [0, 0.1) is 5.92 Å². The fourth-order valence-corrected chi connectivity index (χ4v) is 5.22. The Balaban J connectivity index is 1.45. The van der Waals surface area contributed by atoms with Crippen LogP contribution in [0.4, 0.5) is 0 Å². The third-order valence-corrected chi connectivity index (χ3v) is 7.06. The molecule has 30 heavy (non-hydrogen) atoms. The molecule has 3 atom stereocenters. The Bertz CT molecular complexity index is 951. The molecule has 0 radical (unpaired) electrons. The highest BCUT2D eigenvalue weighted by molar-refractivity contribution is 5.84. The molecule has 6 nitrogen and oxygen atoms in total. The minimum absolute atomic E-state index is 0.000595. The Morgan fingerprint density at radius 1 is 1.40 bits per heavy atom. The Kier molecular flexibility index (Phi) is 5.01. The highest BCUT2D eigenvalue weighted by atomic mass is 16.5. The summed E-state index contributed by atoms with van der Waals surface area (Å²) in [5.74, 6) is 1.63. The van der Waals surface area contributed by atoms with Gasteiger partial charge in [-0.15, -0.1) is 0 Å². The van der Waals surface area contributed by atoms with Crippen molar-refractivity contribution in [1.82, 2.24) is 4.90 Å². The van der Waals surface area contributed by atoms with Crippen LogP contribution in [-0.2, 0) is 16.8 Å². The molecule has 158 valence electrons. The quantitative estimate of drug-likeness (QED) is 0.710. The standard InChI is InChI=1S/C24H29N3O3/c1-29-19-6-5-18-12-21-23(26-22(28)7-4-17-8-11-30-15-17)24(25,20(18)13-19)9-10-27(21)14-16-2-3-16/h4-8,11,13,15-16,21,23H,2-3,9-10,12,14,25H2,1H3,(H,26,28)/p+1. The normalized spacial score (nSPS) is 28.5. The van der Waals surface area contributed by atoms with Gasteiger partial charge in [-0.2, -0.15) is 0 Å². The van der Waals surface area contributed by atoms with Crippen LogP contribution >= 0.6 is 0 Å². The average Bonchev–Trinajstić information content (AvgIpc) is 3.41. The van der Waals surface area contributed by atoms with Gasteiger partial charge in [0, 0.05) is 24.7 Å². The maximum atomic E-state index is 12.9. The van der Waals surface area contributed by atoms with Crippen molar-refractivity contribution in [3.8, 4) is 5.75 Å². The van der Waals surface area contributed by atoms with Crippen LogP contribution in [0.2, 0.25) is 0 Å². The minimum atomic E-state index is -0.550. The van der Waals surface area contributed by atoms with Gasteiger partial charge in [0.1, 0.15) is 11.8 Å². The van der Waals surface area contributed by atoms with Crippen molar-refractivity contribution in [3.05, 3.63) is 59.6 Å². The number of likely N-dealkylation sites (tertiary alicyclic amines) is 1. The summed E-state index contributed by atoms with van der Waals surface area (Å²) >= 11 is 0. The van der Waals surface area contributed by atoms with Crippen molar-refractivity contribution in [2.24, 2.45) is 11.7 Å². The predicted molar refractivity (Wildman–Crippen MR) is 114 cm³/mol. The van der Waals surface area contributed by atoms with Crippen molar-refractivity contribution in [2.75, 3.05) is 20.2 Å². The molecular formula is C24H30N3O3+. The van der Waals surface area contributed by atoms with Crippen LogP contribution in [0.5, 0.6) is 5.75 Å². The van der Waals surface area contributed by atoms with Crippen molar-refractivity contribution in [1.29, 1.82) is 0 Å². The first-order valence-electron chi connectivity index (χ1n) is 10.9. The zero-order valence-electron chi connectivity index (χ0n) is 17.4.